The number of hydrogen-bond donors (Lipinski definition) is 1. The molecule has 0 saturated carbocycles. The first kappa shape index (κ1) is 19.5. The molecule has 2 heterocycles. The molecule has 1 N–H and O–H groups in total. The lowest BCUT2D eigenvalue weighted by atomic mass is 10.00. The van der Waals surface area contributed by atoms with Gasteiger partial charge < -0.3 is 10.2 Å². The van der Waals surface area contributed by atoms with Gasteiger partial charge in [-0.1, -0.05) is 35.9 Å². The quantitative estimate of drug-likeness (QED) is 0.590. The highest BCUT2D eigenvalue weighted by atomic mass is 35.5. The van der Waals surface area contributed by atoms with Crippen LogP contribution in [0.4, 0.5) is 10.5 Å². The largest absolute Gasteiger partial charge is 0.371 e. The zero-order valence-corrected chi connectivity index (χ0v) is 17.4. The summed E-state index contributed by atoms with van der Waals surface area (Å²) in [4.78, 5) is 28.8. The fraction of sp³-hybridized carbons (Fsp3) is 0.304. The van der Waals surface area contributed by atoms with Gasteiger partial charge in [0.2, 0.25) is 0 Å². The summed E-state index contributed by atoms with van der Waals surface area (Å²) in [6, 6.07) is 10.9. The molecular weight excluding hydrogens is 386 g/mol. The minimum absolute atomic E-state index is 0.146. The van der Waals surface area contributed by atoms with Gasteiger partial charge in [0.25, 0.3) is 5.91 Å². The van der Waals surface area contributed by atoms with Gasteiger partial charge in [-0.3, -0.25) is 9.69 Å². The van der Waals surface area contributed by atoms with Gasteiger partial charge >= 0.3 is 6.03 Å². The summed E-state index contributed by atoms with van der Waals surface area (Å²) in [5.41, 5.74) is 5.55. The fourth-order valence-corrected chi connectivity index (χ4v) is 4.15. The van der Waals surface area contributed by atoms with Crippen molar-refractivity contribution < 1.29 is 9.59 Å². The van der Waals surface area contributed by atoms with Crippen molar-refractivity contribution in [3.8, 4) is 0 Å². The van der Waals surface area contributed by atoms with E-state index < -0.39 is 6.03 Å². The Balaban J connectivity index is 1.59. The molecule has 5 nitrogen and oxygen atoms in total. The average molecular weight is 410 g/mol. The number of carbonyl (C=O) groups is 2. The molecule has 4 rings (SSSR count). The van der Waals surface area contributed by atoms with Crippen molar-refractivity contribution in [1.82, 2.24) is 10.2 Å². The molecule has 150 valence electrons. The predicted molar refractivity (Wildman–Crippen MR) is 116 cm³/mol. The second-order valence-electron chi connectivity index (χ2n) is 7.59. The standard InChI is InChI=1S/C23H24ClN3O2/c1-15-16(2)21(26-11-5-6-12-26)10-9-17(15)13-20-22(28)27(23(29)25-20)14-18-7-3-4-8-19(18)24/h3-4,7-10,13H,5-6,11-12,14H2,1-2H3,(H,25,29)/b20-13-. The molecule has 0 aliphatic carbocycles. The number of nitrogens with one attached hydrogen (secondary N) is 1. The van der Waals surface area contributed by atoms with Crippen LogP contribution in [0.2, 0.25) is 5.02 Å². The van der Waals surface area contributed by atoms with E-state index in [1.807, 2.05) is 24.3 Å². The molecule has 0 aromatic heterocycles. The van der Waals surface area contributed by atoms with Crippen molar-refractivity contribution in [2.75, 3.05) is 18.0 Å². The van der Waals surface area contributed by atoms with Crippen molar-refractivity contribution >= 4 is 35.3 Å². The molecule has 6 heteroatoms. The second kappa shape index (κ2) is 7.91. The van der Waals surface area contributed by atoms with Crippen LogP contribution >= 0.6 is 11.6 Å². The number of amides is 3. The minimum Gasteiger partial charge on any atom is -0.371 e. The topological polar surface area (TPSA) is 52.7 Å². The van der Waals surface area contributed by atoms with Crippen LogP contribution in [-0.2, 0) is 11.3 Å². The maximum Gasteiger partial charge on any atom is 0.329 e. The van der Waals surface area contributed by atoms with E-state index >= 15 is 0 Å². The molecule has 0 radical (unpaired) electrons. The first-order chi connectivity index (χ1) is 14.0. The maximum absolute atomic E-state index is 12.8. The predicted octanol–water partition coefficient (Wildman–Crippen LogP) is 4.65. The number of carbonyl (C=O) groups excluding carboxylic acids is 2. The molecule has 2 aliphatic rings. The van der Waals surface area contributed by atoms with Crippen molar-refractivity contribution in [2.45, 2.75) is 33.2 Å². The molecule has 0 spiro atoms. The minimum atomic E-state index is -0.427. The van der Waals surface area contributed by atoms with E-state index in [2.05, 4.69) is 30.1 Å². The van der Waals surface area contributed by atoms with Crippen molar-refractivity contribution in [3.63, 3.8) is 0 Å². The van der Waals surface area contributed by atoms with Gasteiger partial charge in [-0.05, 0) is 67.2 Å². The highest BCUT2D eigenvalue weighted by Gasteiger charge is 2.34. The zero-order chi connectivity index (χ0) is 20.5. The van der Waals surface area contributed by atoms with Crippen LogP contribution in [0, 0.1) is 13.8 Å². The van der Waals surface area contributed by atoms with Crippen LogP contribution in [-0.4, -0.2) is 29.9 Å². The number of hydrogen-bond acceptors (Lipinski definition) is 3. The molecule has 0 unspecified atom stereocenters. The first-order valence-corrected chi connectivity index (χ1v) is 10.3. The third kappa shape index (κ3) is 3.75. The molecule has 2 aromatic rings. The van der Waals surface area contributed by atoms with Gasteiger partial charge in [-0.25, -0.2) is 4.79 Å². The SMILES string of the molecule is Cc1c(/C=C2\NC(=O)N(Cc3ccccc3Cl)C2=O)ccc(N2CCCC2)c1C. The molecule has 0 bridgehead atoms. The lowest BCUT2D eigenvalue weighted by Gasteiger charge is -2.22. The van der Waals surface area contributed by atoms with Crippen molar-refractivity contribution in [3.05, 3.63) is 69.4 Å². The van der Waals surface area contributed by atoms with Crippen LogP contribution in [0.3, 0.4) is 0 Å². The van der Waals surface area contributed by atoms with Gasteiger partial charge in [0, 0.05) is 23.8 Å². The zero-order valence-electron chi connectivity index (χ0n) is 16.7. The van der Waals surface area contributed by atoms with Gasteiger partial charge in [-0.15, -0.1) is 0 Å². The molecule has 3 amide bonds. The molecular formula is C23H24ClN3O2. The summed E-state index contributed by atoms with van der Waals surface area (Å²) in [7, 11) is 0. The summed E-state index contributed by atoms with van der Waals surface area (Å²) >= 11 is 6.18. The second-order valence-corrected chi connectivity index (χ2v) is 8.00. The number of anilines is 1. The van der Waals surface area contributed by atoms with E-state index in [1.54, 1.807) is 12.1 Å². The summed E-state index contributed by atoms with van der Waals surface area (Å²) in [5, 5.41) is 3.24. The van der Waals surface area contributed by atoms with Gasteiger partial charge in [0.05, 0.1) is 6.54 Å². The summed E-state index contributed by atoms with van der Waals surface area (Å²) in [5.74, 6) is -0.337. The normalized spacial score (nSPS) is 18.1. The number of imide groups is 1. The van der Waals surface area contributed by atoms with E-state index in [4.69, 9.17) is 11.6 Å². The van der Waals surface area contributed by atoms with E-state index in [9.17, 15) is 9.59 Å². The Labute approximate surface area is 175 Å². The lowest BCUT2D eigenvalue weighted by molar-refractivity contribution is -0.123. The van der Waals surface area contributed by atoms with E-state index in [1.165, 1.54) is 29.0 Å². The Morgan fingerprint density at radius 3 is 2.48 bits per heavy atom. The highest BCUT2D eigenvalue weighted by Crippen LogP contribution is 2.30. The molecule has 0 atom stereocenters. The van der Waals surface area contributed by atoms with Crippen LogP contribution in [0.15, 0.2) is 42.1 Å². The van der Waals surface area contributed by atoms with E-state index in [-0.39, 0.29) is 12.5 Å². The van der Waals surface area contributed by atoms with Gasteiger partial charge in [0.1, 0.15) is 5.70 Å². The number of rotatable bonds is 4. The third-order valence-electron chi connectivity index (χ3n) is 5.80. The van der Waals surface area contributed by atoms with Crippen LogP contribution in [0.1, 0.15) is 35.1 Å². The Bertz CT molecular complexity index is 1010. The third-order valence-corrected chi connectivity index (χ3v) is 6.16. The Morgan fingerprint density at radius 2 is 1.76 bits per heavy atom. The number of benzene rings is 2. The highest BCUT2D eigenvalue weighted by molar-refractivity contribution is 6.31. The maximum atomic E-state index is 12.8. The molecule has 2 aliphatic heterocycles. The summed E-state index contributed by atoms with van der Waals surface area (Å²) in [6.07, 6.45) is 4.22. The Morgan fingerprint density at radius 1 is 1.03 bits per heavy atom. The molecule has 2 fully saturated rings. The van der Waals surface area contributed by atoms with Crippen LogP contribution < -0.4 is 10.2 Å². The van der Waals surface area contributed by atoms with Crippen LogP contribution in [0.25, 0.3) is 6.08 Å². The lowest BCUT2D eigenvalue weighted by Crippen LogP contribution is -2.30. The van der Waals surface area contributed by atoms with E-state index in [0.29, 0.717) is 10.7 Å². The number of halogens is 1. The fourth-order valence-electron chi connectivity index (χ4n) is 3.95. The van der Waals surface area contributed by atoms with Gasteiger partial charge in [-0.2, -0.15) is 0 Å². The van der Waals surface area contributed by atoms with Crippen molar-refractivity contribution in [1.29, 1.82) is 0 Å². The van der Waals surface area contributed by atoms with Crippen LogP contribution in [0.5, 0.6) is 0 Å². The average Bonchev–Trinajstić information content (AvgIpc) is 3.32. The Kier molecular flexibility index (Phi) is 5.33. The number of nitrogens with zero attached hydrogens (tertiary/aromatic N) is 2. The van der Waals surface area contributed by atoms with Gasteiger partial charge in [0.15, 0.2) is 0 Å². The number of urea groups is 1. The Hall–Kier alpha value is -2.79. The summed E-state index contributed by atoms with van der Waals surface area (Å²) in [6.45, 7) is 6.50. The molecule has 2 saturated heterocycles. The molecule has 29 heavy (non-hydrogen) atoms. The molecule has 2 aromatic carbocycles. The first-order valence-electron chi connectivity index (χ1n) is 9.89. The summed E-state index contributed by atoms with van der Waals surface area (Å²) < 4.78 is 0. The monoisotopic (exact) mass is 409 g/mol. The smallest absolute Gasteiger partial charge is 0.329 e. The van der Waals surface area contributed by atoms with E-state index in [0.717, 1.165) is 29.8 Å². The van der Waals surface area contributed by atoms with Crippen molar-refractivity contribution in [2.24, 2.45) is 0 Å².